The molecule has 0 bridgehead atoms. The van der Waals surface area contributed by atoms with Gasteiger partial charge in [0.2, 0.25) is 5.91 Å². The highest BCUT2D eigenvalue weighted by atomic mass is 35.5. The van der Waals surface area contributed by atoms with E-state index in [-0.39, 0.29) is 18.4 Å². The van der Waals surface area contributed by atoms with E-state index in [1.165, 1.54) is 11.3 Å². The second-order valence-electron chi connectivity index (χ2n) is 3.13. The van der Waals surface area contributed by atoms with Gasteiger partial charge < -0.3 is 15.4 Å². The van der Waals surface area contributed by atoms with Gasteiger partial charge in [0.25, 0.3) is 5.91 Å². The van der Waals surface area contributed by atoms with Crippen molar-refractivity contribution >= 4 is 34.8 Å². The lowest BCUT2D eigenvalue weighted by molar-refractivity contribution is -0.120. The number of ether oxygens (including phenoxy) is 1. The van der Waals surface area contributed by atoms with Gasteiger partial charge in [-0.05, 0) is 12.1 Å². The van der Waals surface area contributed by atoms with E-state index >= 15 is 0 Å². The topological polar surface area (TPSA) is 67.4 Å². The minimum atomic E-state index is -0.302. The van der Waals surface area contributed by atoms with Gasteiger partial charge in [-0.2, -0.15) is 0 Å². The van der Waals surface area contributed by atoms with Gasteiger partial charge in [-0.25, -0.2) is 0 Å². The van der Waals surface area contributed by atoms with E-state index in [2.05, 4.69) is 10.6 Å². The summed E-state index contributed by atoms with van der Waals surface area (Å²) in [6.45, 7) is 0.814. The second-order valence-corrected chi connectivity index (χ2v) is 4.84. The van der Waals surface area contributed by atoms with Crippen LogP contribution in [0.25, 0.3) is 0 Å². The molecule has 0 aliphatic rings. The molecule has 0 aliphatic heterocycles. The van der Waals surface area contributed by atoms with Crippen LogP contribution in [0.4, 0.5) is 0 Å². The largest absolute Gasteiger partial charge is 0.383 e. The second kappa shape index (κ2) is 7.26. The number of carbonyl (C=O) groups excluding carboxylic acids is 2. The number of nitrogens with one attached hydrogen (secondary N) is 2. The van der Waals surface area contributed by atoms with Crippen LogP contribution in [-0.4, -0.2) is 38.6 Å². The number of carbonyl (C=O) groups is 2. The Morgan fingerprint density at radius 1 is 1.41 bits per heavy atom. The Morgan fingerprint density at radius 2 is 2.18 bits per heavy atom. The molecular weight excluding hydrogens is 264 g/mol. The minimum Gasteiger partial charge on any atom is -0.383 e. The van der Waals surface area contributed by atoms with Gasteiger partial charge >= 0.3 is 0 Å². The van der Waals surface area contributed by atoms with Gasteiger partial charge in [0, 0.05) is 13.7 Å². The monoisotopic (exact) mass is 276 g/mol. The molecule has 0 atom stereocenters. The first-order chi connectivity index (χ1) is 8.13. The molecule has 1 rings (SSSR count). The predicted molar refractivity (Wildman–Crippen MR) is 66.5 cm³/mol. The van der Waals surface area contributed by atoms with Gasteiger partial charge in [0.15, 0.2) is 0 Å². The summed E-state index contributed by atoms with van der Waals surface area (Å²) in [4.78, 5) is 23.3. The van der Waals surface area contributed by atoms with Crippen molar-refractivity contribution in [3.05, 3.63) is 21.3 Å². The van der Waals surface area contributed by atoms with Crippen molar-refractivity contribution in [3.8, 4) is 0 Å². The molecular formula is C10H13ClN2O3S. The Bertz CT molecular complexity index is 395. The maximum atomic E-state index is 11.5. The molecule has 0 saturated heterocycles. The smallest absolute Gasteiger partial charge is 0.261 e. The number of rotatable bonds is 6. The number of hydrogen-bond donors (Lipinski definition) is 2. The summed E-state index contributed by atoms with van der Waals surface area (Å²) < 4.78 is 5.32. The predicted octanol–water partition coefficient (Wildman–Crippen LogP) is 0.894. The Balaban J connectivity index is 2.26. The fourth-order valence-electron chi connectivity index (χ4n) is 1.04. The number of thiophene rings is 1. The molecule has 1 heterocycles. The van der Waals surface area contributed by atoms with Gasteiger partial charge in [0.1, 0.15) is 0 Å². The van der Waals surface area contributed by atoms with Crippen LogP contribution in [0, 0.1) is 0 Å². The first-order valence-electron chi connectivity index (χ1n) is 4.92. The third kappa shape index (κ3) is 5.16. The number of amides is 2. The Labute approximate surface area is 108 Å². The summed E-state index contributed by atoms with van der Waals surface area (Å²) in [6, 6.07) is 3.25. The summed E-state index contributed by atoms with van der Waals surface area (Å²) in [6.07, 6.45) is 0. The average molecular weight is 277 g/mol. The van der Waals surface area contributed by atoms with Crippen molar-refractivity contribution in [2.75, 3.05) is 26.8 Å². The zero-order chi connectivity index (χ0) is 12.7. The van der Waals surface area contributed by atoms with Crippen molar-refractivity contribution in [3.63, 3.8) is 0 Å². The van der Waals surface area contributed by atoms with E-state index in [1.807, 2.05) is 0 Å². The van der Waals surface area contributed by atoms with Crippen LogP contribution < -0.4 is 10.6 Å². The fraction of sp³-hybridized carbons (Fsp3) is 0.400. The SMILES string of the molecule is COCCNC(=O)CNC(=O)c1ccc(Cl)s1. The van der Waals surface area contributed by atoms with Crippen LogP contribution in [0.5, 0.6) is 0 Å². The highest BCUT2D eigenvalue weighted by Gasteiger charge is 2.09. The van der Waals surface area contributed by atoms with E-state index in [9.17, 15) is 9.59 Å². The zero-order valence-electron chi connectivity index (χ0n) is 9.29. The summed E-state index contributed by atoms with van der Waals surface area (Å²) in [5.74, 6) is -0.554. The Hall–Kier alpha value is -1.11. The molecule has 17 heavy (non-hydrogen) atoms. The minimum absolute atomic E-state index is 0.0575. The highest BCUT2D eigenvalue weighted by molar-refractivity contribution is 7.17. The van der Waals surface area contributed by atoms with Gasteiger partial charge in [-0.1, -0.05) is 11.6 Å². The van der Waals surface area contributed by atoms with E-state index < -0.39 is 0 Å². The summed E-state index contributed by atoms with van der Waals surface area (Å²) in [5.41, 5.74) is 0. The maximum absolute atomic E-state index is 11.5. The lowest BCUT2D eigenvalue weighted by Crippen LogP contribution is -2.37. The van der Waals surface area contributed by atoms with Crippen molar-refractivity contribution in [1.82, 2.24) is 10.6 Å². The zero-order valence-corrected chi connectivity index (χ0v) is 10.9. The Kier molecular flexibility index (Phi) is 5.96. The number of halogens is 1. The van der Waals surface area contributed by atoms with E-state index in [0.29, 0.717) is 22.4 Å². The summed E-state index contributed by atoms with van der Waals surface area (Å²) >= 11 is 6.87. The molecule has 1 aromatic heterocycles. The van der Waals surface area contributed by atoms with Crippen LogP contribution in [0.1, 0.15) is 9.67 Å². The van der Waals surface area contributed by atoms with Crippen LogP contribution in [0.3, 0.4) is 0 Å². The van der Waals surface area contributed by atoms with Crippen LogP contribution >= 0.6 is 22.9 Å². The maximum Gasteiger partial charge on any atom is 0.261 e. The molecule has 7 heteroatoms. The lowest BCUT2D eigenvalue weighted by Gasteiger charge is -2.05. The molecule has 1 aromatic rings. The Morgan fingerprint density at radius 3 is 2.76 bits per heavy atom. The molecule has 0 saturated carbocycles. The van der Waals surface area contributed by atoms with E-state index in [0.717, 1.165) is 0 Å². The lowest BCUT2D eigenvalue weighted by atomic mass is 10.4. The van der Waals surface area contributed by atoms with Gasteiger partial charge in [-0.3, -0.25) is 9.59 Å². The molecule has 0 aliphatic carbocycles. The molecule has 94 valence electrons. The summed E-state index contributed by atoms with van der Waals surface area (Å²) in [5, 5.41) is 5.09. The van der Waals surface area contributed by atoms with Crippen LogP contribution in [-0.2, 0) is 9.53 Å². The molecule has 0 aromatic carbocycles. The third-order valence-corrected chi connectivity index (χ3v) is 3.06. The molecule has 0 spiro atoms. The molecule has 0 fully saturated rings. The first kappa shape index (κ1) is 14.0. The van der Waals surface area contributed by atoms with Crippen LogP contribution in [0.2, 0.25) is 4.34 Å². The molecule has 2 N–H and O–H groups in total. The highest BCUT2D eigenvalue weighted by Crippen LogP contribution is 2.20. The standard InChI is InChI=1S/C10H13ClN2O3S/c1-16-5-4-12-9(14)6-13-10(15)7-2-3-8(11)17-7/h2-3H,4-6H2,1H3,(H,12,14)(H,13,15). The molecule has 5 nitrogen and oxygen atoms in total. The summed E-state index contributed by atoms with van der Waals surface area (Å²) in [7, 11) is 1.55. The normalized spacial score (nSPS) is 10.0. The van der Waals surface area contributed by atoms with E-state index in [1.54, 1.807) is 19.2 Å². The molecule has 2 amide bonds. The number of methoxy groups -OCH3 is 1. The quantitative estimate of drug-likeness (QED) is 0.759. The molecule has 0 radical (unpaired) electrons. The van der Waals surface area contributed by atoms with Crippen molar-refractivity contribution < 1.29 is 14.3 Å². The van der Waals surface area contributed by atoms with Gasteiger partial charge in [-0.15, -0.1) is 11.3 Å². The van der Waals surface area contributed by atoms with Gasteiger partial charge in [0.05, 0.1) is 22.4 Å². The fourth-order valence-corrected chi connectivity index (χ4v) is 2.00. The first-order valence-corrected chi connectivity index (χ1v) is 6.12. The van der Waals surface area contributed by atoms with Crippen molar-refractivity contribution in [2.24, 2.45) is 0 Å². The third-order valence-electron chi connectivity index (χ3n) is 1.83. The van der Waals surface area contributed by atoms with E-state index in [4.69, 9.17) is 16.3 Å². The average Bonchev–Trinajstić information content (AvgIpc) is 2.73. The van der Waals surface area contributed by atoms with Crippen LogP contribution in [0.15, 0.2) is 12.1 Å². The molecule has 0 unspecified atom stereocenters. The van der Waals surface area contributed by atoms with Crippen molar-refractivity contribution in [1.29, 1.82) is 0 Å². The number of hydrogen-bond acceptors (Lipinski definition) is 4. The van der Waals surface area contributed by atoms with Crippen molar-refractivity contribution in [2.45, 2.75) is 0 Å².